The minimum atomic E-state index is -1.83. The molecule has 2 fully saturated rings. The Morgan fingerprint density at radius 2 is 1.95 bits per heavy atom. The maximum Gasteiger partial charge on any atom is 0.192 e. The highest BCUT2D eigenvalue weighted by Crippen LogP contribution is 2.51. The SMILES string of the molecule is CC(C)(C)[Si](C)(C)O[C@H]1CC[C@@](C)(CO)[C@@H]2C(O)OC[C@H]12. The fourth-order valence-corrected chi connectivity index (χ4v) is 4.97. The quantitative estimate of drug-likeness (QED) is 0.786. The first kappa shape index (κ1) is 17.4. The molecule has 5 atom stereocenters. The summed E-state index contributed by atoms with van der Waals surface area (Å²) in [7, 11) is -1.83. The molecule has 5 heteroatoms. The summed E-state index contributed by atoms with van der Waals surface area (Å²) in [6.45, 7) is 14.0. The van der Waals surface area contributed by atoms with Crippen LogP contribution in [0.1, 0.15) is 40.5 Å². The Bertz CT molecular complexity index is 379. The summed E-state index contributed by atoms with van der Waals surface area (Å²) in [6.07, 6.45) is 1.20. The minimum Gasteiger partial charge on any atom is -0.414 e. The second-order valence-electron chi connectivity index (χ2n) is 8.68. The molecule has 1 aliphatic carbocycles. The smallest absolute Gasteiger partial charge is 0.192 e. The lowest BCUT2D eigenvalue weighted by Gasteiger charge is -2.49. The maximum atomic E-state index is 10.2. The van der Waals surface area contributed by atoms with E-state index in [9.17, 15) is 10.2 Å². The molecular formula is C16H32O4Si. The predicted octanol–water partition coefficient (Wildman–Crippen LogP) is 2.75. The number of fused-ring (bicyclic) bond motifs is 1. The molecule has 0 spiro atoms. The van der Waals surface area contributed by atoms with Gasteiger partial charge in [-0.2, -0.15) is 0 Å². The minimum absolute atomic E-state index is 0.0222. The molecule has 0 radical (unpaired) electrons. The lowest BCUT2D eigenvalue weighted by Crippen LogP contribution is -2.53. The van der Waals surface area contributed by atoms with Gasteiger partial charge in [-0.05, 0) is 36.4 Å². The second kappa shape index (κ2) is 5.60. The highest BCUT2D eigenvalue weighted by molar-refractivity contribution is 6.74. The van der Waals surface area contributed by atoms with E-state index >= 15 is 0 Å². The van der Waals surface area contributed by atoms with E-state index in [1.807, 2.05) is 0 Å². The maximum absolute atomic E-state index is 10.2. The Morgan fingerprint density at radius 1 is 1.33 bits per heavy atom. The summed E-state index contributed by atoms with van der Waals surface area (Å²) in [6, 6.07) is 0. The highest BCUT2D eigenvalue weighted by Gasteiger charge is 2.55. The standard InChI is InChI=1S/C16H32O4Si/c1-15(2,3)21(5,6)20-12-7-8-16(4,10-17)13-11(12)9-19-14(13)18/h11-14,17-18H,7-10H2,1-6H3/t11-,12+,13+,14?,16+/m1/s1. The van der Waals surface area contributed by atoms with Crippen molar-refractivity contribution < 1.29 is 19.4 Å². The van der Waals surface area contributed by atoms with Gasteiger partial charge in [-0.25, -0.2) is 0 Å². The van der Waals surface area contributed by atoms with Crippen molar-refractivity contribution >= 4 is 8.32 Å². The van der Waals surface area contributed by atoms with Gasteiger partial charge in [-0.15, -0.1) is 0 Å². The van der Waals surface area contributed by atoms with E-state index in [4.69, 9.17) is 9.16 Å². The van der Waals surface area contributed by atoms with Crippen LogP contribution in [0.5, 0.6) is 0 Å². The number of aliphatic hydroxyl groups excluding tert-OH is 2. The molecule has 0 bridgehead atoms. The van der Waals surface area contributed by atoms with Gasteiger partial charge < -0.3 is 19.4 Å². The summed E-state index contributed by atoms with van der Waals surface area (Å²) in [5.41, 5.74) is -0.256. The Kier molecular flexibility index (Phi) is 4.65. The third kappa shape index (κ3) is 3.08. The Labute approximate surface area is 130 Å². The number of hydrogen-bond donors (Lipinski definition) is 2. The first-order chi connectivity index (χ1) is 9.52. The van der Waals surface area contributed by atoms with E-state index < -0.39 is 14.6 Å². The van der Waals surface area contributed by atoms with Gasteiger partial charge in [0.2, 0.25) is 0 Å². The zero-order valence-corrected chi connectivity index (χ0v) is 15.3. The van der Waals surface area contributed by atoms with Crippen LogP contribution in [0.25, 0.3) is 0 Å². The van der Waals surface area contributed by atoms with E-state index in [1.54, 1.807) is 0 Å². The third-order valence-corrected chi connectivity index (χ3v) is 10.6. The monoisotopic (exact) mass is 316 g/mol. The van der Waals surface area contributed by atoms with Crippen LogP contribution in [-0.4, -0.2) is 44.1 Å². The topological polar surface area (TPSA) is 58.9 Å². The van der Waals surface area contributed by atoms with Crippen molar-refractivity contribution in [2.24, 2.45) is 17.3 Å². The van der Waals surface area contributed by atoms with Gasteiger partial charge >= 0.3 is 0 Å². The van der Waals surface area contributed by atoms with Crippen LogP contribution in [0.2, 0.25) is 18.1 Å². The molecular weight excluding hydrogens is 284 g/mol. The van der Waals surface area contributed by atoms with Crippen LogP contribution in [0, 0.1) is 17.3 Å². The van der Waals surface area contributed by atoms with Gasteiger partial charge in [0.1, 0.15) is 0 Å². The average Bonchev–Trinajstić information content (AvgIpc) is 2.75. The molecule has 2 rings (SSSR count). The number of ether oxygens (including phenoxy) is 1. The molecule has 1 saturated heterocycles. The fraction of sp³-hybridized carbons (Fsp3) is 1.00. The molecule has 2 N–H and O–H groups in total. The van der Waals surface area contributed by atoms with Crippen molar-refractivity contribution in [1.82, 2.24) is 0 Å². The molecule has 21 heavy (non-hydrogen) atoms. The van der Waals surface area contributed by atoms with Crippen LogP contribution in [0.4, 0.5) is 0 Å². The van der Waals surface area contributed by atoms with Gasteiger partial charge in [-0.3, -0.25) is 0 Å². The van der Waals surface area contributed by atoms with Crippen molar-refractivity contribution in [2.45, 2.75) is 71.1 Å². The van der Waals surface area contributed by atoms with Crippen molar-refractivity contribution in [3.8, 4) is 0 Å². The molecule has 4 nitrogen and oxygen atoms in total. The van der Waals surface area contributed by atoms with E-state index in [0.29, 0.717) is 6.61 Å². The van der Waals surface area contributed by atoms with Gasteiger partial charge in [0.25, 0.3) is 0 Å². The van der Waals surface area contributed by atoms with Gasteiger partial charge in [0, 0.05) is 18.4 Å². The Balaban J connectivity index is 2.18. The molecule has 1 aliphatic heterocycles. The van der Waals surface area contributed by atoms with Crippen LogP contribution in [0.15, 0.2) is 0 Å². The zero-order valence-electron chi connectivity index (χ0n) is 14.3. The first-order valence-corrected chi connectivity index (χ1v) is 11.0. The number of hydrogen-bond acceptors (Lipinski definition) is 4. The lowest BCUT2D eigenvalue weighted by molar-refractivity contribution is -0.132. The Hall–Kier alpha value is 0.0569. The summed E-state index contributed by atoms with van der Waals surface area (Å²) in [5, 5.41) is 20.1. The summed E-state index contributed by atoms with van der Waals surface area (Å²) >= 11 is 0. The van der Waals surface area contributed by atoms with E-state index in [1.165, 1.54) is 0 Å². The normalized spacial score (nSPS) is 41.1. The molecule has 0 aromatic rings. The molecule has 0 aromatic carbocycles. The molecule has 2 aliphatic rings. The van der Waals surface area contributed by atoms with Crippen molar-refractivity contribution in [3.05, 3.63) is 0 Å². The summed E-state index contributed by atoms with van der Waals surface area (Å²) < 4.78 is 12.1. The zero-order chi connectivity index (χ0) is 16.1. The summed E-state index contributed by atoms with van der Waals surface area (Å²) in [5.74, 6) is 0.172. The van der Waals surface area contributed by atoms with Crippen LogP contribution >= 0.6 is 0 Å². The van der Waals surface area contributed by atoms with E-state index in [0.717, 1.165) is 12.8 Å². The second-order valence-corrected chi connectivity index (χ2v) is 13.4. The van der Waals surface area contributed by atoms with Crippen molar-refractivity contribution in [1.29, 1.82) is 0 Å². The largest absolute Gasteiger partial charge is 0.414 e. The van der Waals surface area contributed by atoms with Crippen LogP contribution < -0.4 is 0 Å². The number of aliphatic hydroxyl groups is 2. The average molecular weight is 317 g/mol. The van der Waals surface area contributed by atoms with Gasteiger partial charge in [0.15, 0.2) is 14.6 Å². The first-order valence-electron chi connectivity index (χ1n) is 8.10. The summed E-state index contributed by atoms with van der Waals surface area (Å²) in [4.78, 5) is 0. The third-order valence-electron chi connectivity index (χ3n) is 6.12. The Morgan fingerprint density at radius 3 is 2.48 bits per heavy atom. The lowest BCUT2D eigenvalue weighted by atomic mass is 9.63. The van der Waals surface area contributed by atoms with Crippen molar-refractivity contribution in [2.75, 3.05) is 13.2 Å². The number of rotatable bonds is 3. The van der Waals surface area contributed by atoms with E-state index in [2.05, 4.69) is 40.8 Å². The van der Waals surface area contributed by atoms with Crippen LogP contribution in [-0.2, 0) is 9.16 Å². The van der Waals surface area contributed by atoms with Gasteiger partial charge in [-0.1, -0.05) is 27.7 Å². The van der Waals surface area contributed by atoms with Gasteiger partial charge in [0.05, 0.1) is 12.7 Å². The molecule has 1 unspecified atom stereocenters. The predicted molar refractivity (Wildman–Crippen MR) is 85.4 cm³/mol. The molecule has 124 valence electrons. The highest BCUT2D eigenvalue weighted by atomic mass is 28.4. The molecule has 0 amide bonds. The van der Waals surface area contributed by atoms with Crippen LogP contribution in [0.3, 0.4) is 0 Å². The fourth-order valence-electron chi connectivity index (χ4n) is 3.57. The van der Waals surface area contributed by atoms with Crippen molar-refractivity contribution in [3.63, 3.8) is 0 Å². The molecule has 0 aromatic heterocycles. The molecule has 1 saturated carbocycles. The van der Waals surface area contributed by atoms with E-state index in [-0.39, 0.29) is 35.0 Å². The molecule has 1 heterocycles.